The van der Waals surface area contributed by atoms with Crippen LogP contribution in [-0.2, 0) is 26.5 Å². The lowest BCUT2D eigenvalue weighted by Gasteiger charge is -2.48. The molecule has 148 valence electrons. The molecule has 0 heterocycles. The number of aryl methyl sites for hydroxylation is 1. The molecule has 3 rings (SSSR count). The number of carboxylic acid groups (broad SMARTS) is 1. The molecule has 1 unspecified atom stereocenters. The lowest BCUT2D eigenvalue weighted by Crippen LogP contribution is -2.58. The molecule has 8 heteroatoms. The number of methoxy groups -OCH3 is 2. The summed E-state index contributed by atoms with van der Waals surface area (Å²) in [5, 5.41) is 31.1. The Labute approximate surface area is 161 Å². The first-order valence-corrected chi connectivity index (χ1v) is 8.69. The number of rotatable bonds is 6. The maximum Gasteiger partial charge on any atom is 0.306 e. The van der Waals surface area contributed by atoms with Crippen LogP contribution in [0.3, 0.4) is 0 Å². The molecule has 0 spiro atoms. The van der Waals surface area contributed by atoms with Gasteiger partial charge in [0.25, 0.3) is 5.69 Å². The van der Waals surface area contributed by atoms with E-state index in [9.17, 15) is 25.1 Å². The van der Waals surface area contributed by atoms with Gasteiger partial charge in [-0.05, 0) is 41.7 Å². The number of aliphatic carboxylic acids is 1. The van der Waals surface area contributed by atoms with Crippen LogP contribution in [-0.4, -0.2) is 40.9 Å². The van der Waals surface area contributed by atoms with Crippen molar-refractivity contribution in [2.24, 2.45) is 0 Å². The summed E-state index contributed by atoms with van der Waals surface area (Å²) in [5.74, 6) is -2.75. The average Bonchev–Trinajstić information content (AvgIpc) is 2.67. The molecular formula is C20H21NO7. The van der Waals surface area contributed by atoms with Crippen LogP contribution >= 0.6 is 0 Å². The number of nitro benzene ring substituents is 1. The van der Waals surface area contributed by atoms with Crippen LogP contribution in [0.2, 0.25) is 0 Å². The Morgan fingerprint density at radius 1 is 1.14 bits per heavy atom. The third kappa shape index (κ3) is 3.15. The molecule has 0 aliphatic heterocycles. The van der Waals surface area contributed by atoms with Crippen LogP contribution in [0.25, 0.3) is 11.1 Å². The second kappa shape index (κ2) is 7.31. The molecule has 0 saturated carbocycles. The summed E-state index contributed by atoms with van der Waals surface area (Å²) >= 11 is 0. The SMILES string of the molecule is COC1(OC)c2ccc(-c3ccc([N+](=O)[O-])cc3)cc2CCC1(O)CC(=O)O. The molecule has 1 atom stereocenters. The van der Waals surface area contributed by atoms with Crippen molar-refractivity contribution in [3.63, 3.8) is 0 Å². The molecule has 2 N–H and O–H groups in total. The molecule has 0 aromatic heterocycles. The maximum atomic E-state index is 11.3. The van der Waals surface area contributed by atoms with Gasteiger partial charge in [0, 0.05) is 31.9 Å². The second-order valence-corrected chi connectivity index (χ2v) is 6.80. The zero-order chi connectivity index (χ0) is 20.5. The van der Waals surface area contributed by atoms with Gasteiger partial charge in [0.2, 0.25) is 5.79 Å². The average molecular weight is 387 g/mol. The molecule has 0 amide bonds. The summed E-state index contributed by atoms with van der Waals surface area (Å²) in [5.41, 5.74) is 1.37. The normalized spacial score (nSPS) is 20.4. The van der Waals surface area contributed by atoms with Crippen LogP contribution < -0.4 is 0 Å². The van der Waals surface area contributed by atoms with E-state index in [0.29, 0.717) is 12.0 Å². The fraction of sp³-hybridized carbons (Fsp3) is 0.350. The van der Waals surface area contributed by atoms with Crippen molar-refractivity contribution >= 4 is 11.7 Å². The first kappa shape index (κ1) is 19.9. The molecule has 0 saturated heterocycles. The number of hydrogen-bond donors (Lipinski definition) is 2. The molecule has 0 bridgehead atoms. The summed E-state index contributed by atoms with van der Waals surface area (Å²) in [6.45, 7) is 0. The van der Waals surface area contributed by atoms with Crippen molar-refractivity contribution in [3.8, 4) is 11.1 Å². The Hall–Kier alpha value is -2.81. The van der Waals surface area contributed by atoms with Crippen molar-refractivity contribution < 1.29 is 29.4 Å². The van der Waals surface area contributed by atoms with E-state index in [1.165, 1.54) is 26.4 Å². The monoisotopic (exact) mass is 387 g/mol. The Kier molecular flexibility index (Phi) is 5.20. The van der Waals surface area contributed by atoms with Crippen LogP contribution in [0, 0.1) is 10.1 Å². The number of aliphatic hydroxyl groups is 1. The standard InChI is InChI=1S/C20H21NO7/c1-27-20(28-2)17-8-5-14(13-3-6-16(7-4-13)21(25)26)11-15(17)9-10-19(20,24)12-18(22)23/h3-8,11,24H,9-10,12H2,1-2H3,(H,22,23). The van der Waals surface area contributed by atoms with Crippen LogP contribution in [0.5, 0.6) is 0 Å². The number of ether oxygens (including phenoxy) is 2. The van der Waals surface area contributed by atoms with E-state index in [2.05, 4.69) is 0 Å². The Balaban J connectivity index is 2.05. The first-order valence-electron chi connectivity index (χ1n) is 8.69. The molecular weight excluding hydrogens is 366 g/mol. The van der Waals surface area contributed by atoms with E-state index in [-0.39, 0.29) is 12.1 Å². The molecule has 28 heavy (non-hydrogen) atoms. The molecule has 0 radical (unpaired) electrons. The largest absolute Gasteiger partial charge is 0.481 e. The number of nitrogens with zero attached hydrogens (tertiary/aromatic N) is 1. The van der Waals surface area contributed by atoms with Crippen LogP contribution in [0.1, 0.15) is 24.0 Å². The van der Waals surface area contributed by atoms with Crippen molar-refractivity contribution in [2.45, 2.75) is 30.7 Å². The number of benzene rings is 2. The minimum Gasteiger partial charge on any atom is -0.481 e. The maximum absolute atomic E-state index is 11.3. The van der Waals surface area contributed by atoms with E-state index in [4.69, 9.17) is 9.47 Å². The van der Waals surface area contributed by atoms with Crippen molar-refractivity contribution in [1.82, 2.24) is 0 Å². The van der Waals surface area contributed by atoms with Gasteiger partial charge >= 0.3 is 5.97 Å². The number of carboxylic acids is 1. The number of non-ortho nitro benzene ring substituents is 1. The van der Waals surface area contributed by atoms with Gasteiger partial charge in [-0.3, -0.25) is 14.9 Å². The van der Waals surface area contributed by atoms with E-state index < -0.39 is 28.7 Å². The predicted molar refractivity (Wildman–Crippen MR) is 99.8 cm³/mol. The highest BCUT2D eigenvalue weighted by Gasteiger charge is 2.57. The first-order chi connectivity index (χ1) is 13.3. The molecule has 2 aromatic rings. The smallest absolute Gasteiger partial charge is 0.306 e. The third-order valence-corrected chi connectivity index (χ3v) is 5.31. The van der Waals surface area contributed by atoms with Crippen molar-refractivity contribution in [2.75, 3.05) is 14.2 Å². The van der Waals surface area contributed by atoms with Gasteiger partial charge in [0.05, 0.1) is 11.3 Å². The highest BCUT2D eigenvalue weighted by molar-refractivity contribution is 5.70. The zero-order valence-electron chi connectivity index (χ0n) is 15.5. The van der Waals surface area contributed by atoms with E-state index in [0.717, 1.165) is 16.7 Å². The van der Waals surface area contributed by atoms with Gasteiger partial charge in [-0.2, -0.15) is 0 Å². The fourth-order valence-corrected chi connectivity index (χ4v) is 3.97. The molecule has 8 nitrogen and oxygen atoms in total. The summed E-state index contributed by atoms with van der Waals surface area (Å²) in [7, 11) is 2.74. The molecule has 1 aliphatic rings. The molecule has 2 aromatic carbocycles. The van der Waals surface area contributed by atoms with Gasteiger partial charge in [-0.15, -0.1) is 0 Å². The highest BCUT2D eigenvalue weighted by Crippen LogP contribution is 2.48. The number of fused-ring (bicyclic) bond motifs is 1. The second-order valence-electron chi connectivity index (χ2n) is 6.80. The highest BCUT2D eigenvalue weighted by atomic mass is 16.7. The van der Waals surface area contributed by atoms with E-state index in [1.54, 1.807) is 24.3 Å². The Morgan fingerprint density at radius 3 is 2.29 bits per heavy atom. The van der Waals surface area contributed by atoms with Gasteiger partial charge in [0.15, 0.2) is 0 Å². The van der Waals surface area contributed by atoms with Crippen LogP contribution in [0.4, 0.5) is 5.69 Å². The number of carbonyl (C=O) groups is 1. The van der Waals surface area contributed by atoms with Gasteiger partial charge in [-0.1, -0.05) is 18.2 Å². The molecule has 1 aliphatic carbocycles. The summed E-state index contributed by atoms with van der Waals surface area (Å²) in [6, 6.07) is 11.7. The minimum absolute atomic E-state index is 0.0122. The third-order valence-electron chi connectivity index (χ3n) is 5.31. The van der Waals surface area contributed by atoms with Gasteiger partial charge < -0.3 is 19.7 Å². The minimum atomic E-state index is -1.72. The van der Waals surface area contributed by atoms with Gasteiger partial charge in [0.1, 0.15) is 5.60 Å². The Morgan fingerprint density at radius 2 is 1.75 bits per heavy atom. The predicted octanol–water partition coefficient (Wildman–Crippen LogP) is 2.86. The van der Waals surface area contributed by atoms with Gasteiger partial charge in [-0.25, -0.2) is 0 Å². The van der Waals surface area contributed by atoms with Crippen LogP contribution in [0.15, 0.2) is 42.5 Å². The summed E-state index contributed by atoms with van der Waals surface area (Å²) < 4.78 is 11.1. The van der Waals surface area contributed by atoms with E-state index >= 15 is 0 Å². The molecule has 0 fully saturated rings. The topological polar surface area (TPSA) is 119 Å². The summed E-state index contributed by atoms with van der Waals surface area (Å²) in [4.78, 5) is 21.7. The van der Waals surface area contributed by atoms with Crippen molar-refractivity contribution in [1.29, 1.82) is 0 Å². The number of hydrogen-bond acceptors (Lipinski definition) is 6. The number of nitro groups is 1. The quantitative estimate of drug-likeness (QED) is 0.444. The summed E-state index contributed by atoms with van der Waals surface area (Å²) in [6.07, 6.45) is 0.0737. The lowest BCUT2D eigenvalue weighted by molar-refractivity contribution is -0.384. The lowest BCUT2D eigenvalue weighted by atomic mass is 9.72. The Bertz CT molecular complexity index is 905. The van der Waals surface area contributed by atoms with Crippen molar-refractivity contribution in [3.05, 3.63) is 63.7 Å². The fourth-order valence-electron chi connectivity index (χ4n) is 3.97. The zero-order valence-corrected chi connectivity index (χ0v) is 15.5. The van der Waals surface area contributed by atoms with E-state index in [1.807, 2.05) is 6.07 Å².